The second kappa shape index (κ2) is 6.18. The summed E-state index contributed by atoms with van der Waals surface area (Å²) < 4.78 is 37.6. The average molecular weight is 289 g/mol. The van der Waals surface area contributed by atoms with E-state index >= 15 is 0 Å². The fraction of sp³-hybridized carbons (Fsp3) is 0.571. The molecule has 1 aliphatic heterocycles. The van der Waals surface area contributed by atoms with Crippen LogP contribution in [0.3, 0.4) is 0 Å². The Kier molecular flexibility index (Phi) is 4.79. The standard InChI is InChI=1S/C14H18F3NS/c1-18-13(11-3-2-8-19-9-11)10-4-6-12(7-5-10)14(15,16)17/h4-7,11,13,18H,2-3,8-9H2,1H3. The van der Waals surface area contributed by atoms with Crippen molar-refractivity contribution in [2.24, 2.45) is 5.92 Å². The van der Waals surface area contributed by atoms with Gasteiger partial charge >= 0.3 is 6.18 Å². The van der Waals surface area contributed by atoms with E-state index in [0.29, 0.717) is 5.92 Å². The Labute approximate surface area is 116 Å². The van der Waals surface area contributed by atoms with Gasteiger partial charge in [0, 0.05) is 6.04 Å². The molecule has 2 rings (SSSR count). The van der Waals surface area contributed by atoms with Crippen molar-refractivity contribution in [1.29, 1.82) is 0 Å². The fourth-order valence-electron chi connectivity index (χ4n) is 2.58. The lowest BCUT2D eigenvalue weighted by Gasteiger charge is -2.30. The van der Waals surface area contributed by atoms with E-state index < -0.39 is 11.7 Å². The molecule has 0 amide bonds. The Bertz CT molecular complexity index is 396. The van der Waals surface area contributed by atoms with Crippen LogP contribution in [-0.4, -0.2) is 18.6 Å². The molecule has 0 bridgehead atoms. The molecule has 1 aromatic rings. The number of hydrogen-bond acceptors (Lipinski definition) is 2. The van der Waals surface area contributed by atoms with Crippen molar-refractivity contribution in [3.05, 3.63) is 35.4 Å². The van der Waals surface area contributed by atoms with Gasteiger partial charge in [-0.2, -0.15) is 24.9 Å². The van der Waals surface area contributed by atoms with Crippen LogP contribution in [0.25, 0.3) is 0 Å². The summed E-state index contributed by atoms with van der Waals surface area (Å²) in [4.78, 5) is 0. The SMILES string of the molecule is CNC(c1ccc(C(F)(F)F)cc1)C1CCCSC1. The molecule has 1 heterocycles. The van der Waals surface area contributed by atoms with Gasteiger partial charge in [0.05, 0.1) is 5.56 Å². The lowest BCUT2D eigenvalue weighted by atomic mass is 9.90. The van der Waals surface area contributed by atoms with Gasteiger partial charge in [-0.3, -0.25) is 0 Å². The number of nitrogens with one attached hydrogen (secondary N) is 1. The van der Waals surface area contributed by atoms with Crippen molar-refractivity contribution in [3.8, 4) is 0 Å². The number of benzene rings is 1. The summed E-state index contributed by atoms with van der Waals surface area (Å²) in [6.45, 7) is 0. The Morgan fingerprint density at radius 2 is 1.95 bits per heavy atom. The van der Waals surface area contributed by atoms with Crippen molar-refractivity contribution in [2.75, 3.05) is 18.6 Å². The van der Waals surface area contributed by atoms with Crippen LogP contribution in [0.5, 0.6) is 0 Å². The molecule has 1 saturated heterocycles. The molecule has 0 saturated carbocycles. The van der Waals surface area contributed by atoms with Crippen LogP contribution >= 0.6 is 11.8 Å². The zero-order valence-electron chi connectivity index (χ0n) is 10.8. The monoisotopic (exact) mass is 289 g/mol. The highest BCUT2D eigenvalue weighted by Gasteiger charge is 2.31. The molecule has 2 unspecified atom stereocenters. The summed E-state index contributed by atoms with van der Waals surface area (Å²) in [6, 6.07) is 5.70. The van der Waals surface area contributed by atoms with Crippen molar-refractivity contribution in [3.63, 3.8) is 0 Å². The maximum atomic E-state index is 12.5. The van der Waals surface area contributed by atoms with Crippen LogP contribution in [-0.2, 0) is 6.18 Å². The Hall–Kier alpha value is -0.680. The number of halogens is 3. The first kappa shape index (κ1) is 14.7. The molecule has 0 radical (unpaired) electrons. The van der Waals surface area contributed by atoms with E-state index in [1.165, 1.54) is 24.3 Å². The van der Waals surface area contributed by atoms with Crippen molar-refractivity contribution < 1.29 is 13.2 Å². The molecule has 2 atom stereocenters. The number of thioether (sulfide) groups is 1. The van der Waals surface area contributed by atoms with Crippen molar-refractivity contribution in [1.82, 2.24) is 5.32 Å². The maximum absolute atomic E-state index is 12.5. The first-order chi connectivity index (χ1) is 9.02. The van der Waals surface area contributed by atoms with Gasteiger partial charge in [0.15, 0.2) is 0 Å². The minimum Gasteiger partial charge on any atom is -0.313 e. The third kappa shape index (κ3) is 3.66. The Morgan fingerprint density at radius 3 is 2.42 bits per heavy atom. The Morgan fingerprint density at radius 1 is 1.26 bits per heavy atom. The van der Waals surface area contributed by atoms with Crippen LogP contribution in [0.15, 0.2) is 24.3 Å². The molecule has 106 valence electrons. The van der Waals surface area contributed by atoms with Gasteiger partial charge in [0.25, 0.3) is 0 Å². The van der Waals surface area contributed by atoms with Gasteiger partial charge < -0.3 is 5.32 Å². The van der Waals surface area contributed by atoms with E-state index in [2.05, 4.69) is 5.32 Å². The molecular weight excluding hydrogens is 271 g/mol. The maximum Gasteiger partial charge on any atom is 0.416 e. The van der Waals surface area contributed by atoms with Gasteiger partial charge in [-0.05, 0) is 55.0 Å². The van der Waals surface area contributed by atoms with E-state index in [1.807, 2.05) is 18.8 Å². The van der Waals surface area contributed by atoms with Crippen LogP contribution in [0.1, 0.15) is 30.0 Å². The van der Waals surface area contributed by atoms with Crippen LogP contribution < -0.4 is 5.32 Å². The minimum absolute atomic E-state index is 0.148. The molecule has 1 nitrogen and oxygen atoms in total. The zero-order chi connectivity index (χ0) is 13.9. The smallest absolute Gasteiger partial charge is 0.313 e. The van der Waals surface area contributed by atoms with E-state index in [0.717, 1.165) is 17.7 Å². The first-order valence-corrected chi connectivity index (χ1v) is 7.60. The van der Waals surface area contributed by atoms with Gasteiger partial charge in [0.2, 0.25) is 0 Å². The van der Waals surface area contributed by atoms with Crippen LogP contribution in [0.4, 0.5) is 13.2 Å². The molecule has 0 aliphatic carbocycles. The highest BCUT2D eigenvalue weighted by atomic mass is 32.2. The van der Waals surface area contributed by atoms with E-state index in [4.69, 9.17) is 0 Å². The second-order valence-corrected chi connectivity index (χ2v) is 6.01. The average Bonchev–Trinajstić information content (AvgIpc) is 2.40. The Balaban J connectivity index is 2.14. The van der Waals surface area contributed by atoms with E-state index in [-0.39, 0.29) is 6.04 Å². The summed E-state index contributed by atoms with van der Waals surface area (Å²) in [5.41, 5.74) is 0.368. The summed E-state index contributed by atoms with van der Waals surface area (Å²) >= 11 is 1.93. The van der Waals surface area contributed by atoms with Gasteiger partial charge in [-0.15, -0.1) is 0 Å². The molecule has 1 aromatic carbocycles. The summed E-state index contributed by atoms with van der Waals surface area (Å²) in [5.74, 6) is 2.77. The molecule has 1 fully saturated rings. The van der Waals surface area contributed by atoms with Crippen molar-refractivity contribution >= 4 is 11.8 Å². The van der Waals surface area contributed by atoms with Crippen LogP contribution in [0, 0.1) is 5.92 Å². The lowest BCUT2D eigenvalue weighted by Crippen LogP contribution is -2.28. The lowest BCUT2D eigenvalue weighted by molar-refractivity contribution is -0.137. The largest absolute Gasteiger partial charge is 0.416 e. The van der Waals surface area contributed by atoms with Gasteiger partial charge in [-0.1, -0.05) is 12.1 Å². The highest BCUT2D eigenvalue weighted by Crippen LogP contribution is 2.35. The second-order valence-electron chi connectivity index (χ2n) is 4.86. The highest BCUT2D eigenvalue weighted by molar-refractivity contribution is 7.99. The predicted molar refractivity (Wildman–Crippen MR) is 73.3 cm³/mol. The number of alkyl halides is 3. The normalized spacial score (nSPS) is 22.2. The van der Waals surface area contributed by atoms with Gasteiger partial charge in [0.1, 0.15) is 0 Å². The third-order valence-corrected chi connectivity index (χ3v) is 4.82. The molecule has 0 aromatic heterocycles. The molecule has 1 N–H and O–H groups in total. The van der Waals surface area contributed by atoms with Gasteiger partial charge in [-0.25, -0.2) is 0 Å². The van der Waals surface area contributed by atoms with Crippen LogP contribution in [0.2, 0.25) is 0 Å². The molecular formula is C14H18F3NS. The minimum atomic E-state index is -4.26. The van der Waals surface area contributed by atoms with Crippen molar-refractivity contribution in [2.45, 2.75) is 25.1 Å². The van der Waals surface area contributed by atoms with E-state index in [9.17, 15) is 13.2 Å². The predicted octanol–water partition coefficient (Wildman–Crippen LogP) is 4.11. The quantitative estimate of drug-likeness (QED) is 0.898. The summed E-state index contributed by atoms with van der Waals surface area (Å²) in [7, 11) is 1.88. The molecule has 5 heteroatoms. The molecule has 0 spiro atoms. The first-order valence-electron chi connectivity index (χ1n) is 6.44. The summed E-state index contributed by atoms with van der Waals surface area (Å²) in [6.07, 6.45) is -1.93. The number of rotatable bonds is 3. The fourth-order valence-corrected chi connectivity index (χ4v) is 3.78. The summed E-state index contributed by atoms with van der Waals surface area (Å²) in [5, 5.41) is 3.25. The van der Waals surface area contributed by atoms with E-state index in [1.54, 1.807) is 12.1 Å². The topological polar surface area (TPSA) is 12.0 Å². The molecule has 1 aliphatic rings. The third-order valence-electron chi connectivity index (χ3n) is 3.58. The molecule has 19 heavy (non-hydrogen) atoms. The zero-order valence-corrected chi connectivity index (χ0v) is 11.7. The number of hydrogen-bond donors (Lipinski definition) is 1.